The van der Waals surface area contributed by atoms with Gasteiger partial charge in [-0.15, -0.1) is 0 Å². The molecular weight excluding hydrogens is 393 g/mol. The van der Waals surface area contributed by atoms with Crippen molar-refractivity contribution >= 4 is 27.1 Å². The zero-order valence-corrected chi connectivity index (χ0v) is 15.8. The highest BCUT2D eigenvalue weighted by Crippen LogP contribution is 2.31. The van der Waals surface area contributed by atoms with Crippen molar-refractivity contribution in [3.05, 3.63) is 54.1 Å². The quantitative estimate of drug-likeness (QED) is 0.796. The molecule has 1 unspecified atom stereocenters. The molecule has 9 heteroatoms. The number of amides is 1. The maximum absolute atomic E-state index is 12.6. The number of halogens is 3. The van der Waals surface area contributed by atoms with Crippen LogP contribution in [0.4, 0.5) is 24.5 Å². The van der Waals surface area contributed by atoms with Crippen LogP contribution in [0.25, 0.3) is 0 Å². The predicted molar refractivity (Wildman–Crippen MR) is 99.7 cm³/mol. The number of nitrogens with one attached hydrogen (secondary N) is 1. The van der Waals surface area contributed by atoms with Gasteiger partial charge in [-0.05, 0) is 55.3 Å². The van der Waals surface area contributed by atoms with Crippen molar-refractivity contribution in [3.63, 3.8) is 0 Å². The molecule has 150 valence electrons. The van der Waals surface area contributed by atoms with Crippen molar-refractivity contribution in [1.82, 2.24) is 0 Å². The Morgan fingerprint density at radius 3 is 2.36 bits per heavy atom. The van der Waals surface area contributed by atoms with Gasteiger partial charge < -0.3 is 10.2 Å². The molecule has 0 aliphatic carbocycles. The van der Waals surface area contributed by atoms with Crippen LogP contribution in [0.15, 0.2) is 53.4 Å². The molecule has 1 fully saturated rings. The van der Waals surface area contributed by atoms with E-state index in [2.05, 4.69) is 5.32 Å². The lowest BCUT2D eigenvalue weighted by Crippen LogP contribution is -2.24. The summed E-state index contributed by atoms with van der Waals surface area (Å²) in [5.41, 5.74) is -3.15. The molecule has 2 aromatic carbocycles. The summed E-state index contributed by atoms with van der Waals surface area (Å²) in [6.45, 7) is 2.55. The summed E-state index contributed by atoms with van der Waals surface area (Å²) in [5.74, 6) is 0.0826. The maximum atomic E-state index is 12.6. The largest absolute Gasteiger partial charge is 0.501 e. The highest BCUT2D eigenvalue weighted by molar-refractivity contribution is 7.92. The van der Waals surface area contributed by atoms with E-state index in [1.165, 1.54) is 12.1 Å². The van der Waals surface area contributed by atoms with Gasteiger partial charge in [0.2, 0.25) is 5.91 Å². The van der Waals surface area contributed by atoms with Gasteiger partial charge in [0.25, 0.3) is 9.84 Å². The van der Waals surface area contributed by atoms with Crippen molar-refractivity contribution in [1.29, 1.82) is 0 Å². The molecule has 1 amide bonds. The summed E-state index contributed by atoms with van der Waals surface area (Å²) < 4.78 is 60.7. The van der Waals surface area contributed by atoms with Gasteiger partial charge in [-0.25, -0.2) is 8.42 Å². The number of carbonyl (C=O) groups excluding carboxylic acids is 1. The van der Waals surface area contributed by atoms with Crippen LogP contribution < -0.4 is 10.2 Å². The highest BCUT2D eigenvalue weighted by Gasteiger charge is 2.46. The van der Waals surface area contributed by atoms with Gasteiger partial charge in [0.05, 0.1) is 4.90 Å². The number of hydrogen-bond donors (Lipinski definition) is 1. The third kappa shape index (κ3) is 3.99. The minimum Gasteiger partial charge on any atom is -0.379 e. The monoisotopic (exact) mass is 412 g/mol. The molecule has 1 N–H and O–H groups in total. The fraction of sp³-hybridized carbons (Fsp3) is 0.316. The van der Waals surface area contributed by atoms with Crippen LogP contribution in [0.1, 0.15) is 31.4 Å². The zero-order valence-electron chi connectivity index (χ0n) is 15.0. The van der Waals surface area contributed by atoms with Gasteiger partial charge in [-0.1, -0.05) is 12.1 Å². The summed E-state index contributed by atoms with van der Waals surface area (Å²) in [6, 6.07) is 11.7. The number of benzene rings is 2. The summed E-state index contributed by atoms with van der Waals surface area (Å²) in [7, 11) is -5.36. The van der Waals surface area contributed by atoms with Crippen molar-refractivity contribution in [2.24, 2.45) is 0 Å². The van der Waals surface area contributed by atoms with Gasteiger partial charge in [0.15, 0.2) is 0 Å². The predicted octanol–water partition coefficient (Wildman–Crippen LogP) is 4.28. The smallest absolute Gasteiger partial charge is 0.379 e. The third-order valence-electron chi connectivity index (χ3n) is 4.61. The van der Waals surface area contributed by atoms with E-state index in [9.17, 15) is 26.4 Å². The Hall–Kier alpha value is -2.55. The first-order chi connectivity index (χ1) is 13.1. The summed E-state index contributed by atoms with van der Waals surface area (Å²) in [4.78, 5) is 12.8. The second-order valence-corrected chi connectivity index (χ2v) is 8.52. The lowest BCUT2D eigenvalue weighted by atomic mass is 10.1. The molecule has 0 aromatic heterocycles. The number of nitrogens with zero attached hydrogens (tertiary/aromatic N) is 1. The molecule has 0 bridgehead atoms. The second kappa shape index (κ2) is 7.46. The zero-order chi connectivity index (χ0) is 20.5. The number of carbonyl (C=O) groups is 1. The normalized spacial score (nSPS) is 16.3. The van der Waals surface area contributed by atoms with Gasteiger partial charge in [-0.3, -0.25) is 4.79 Å². The van der Waals surface area contributed by atoms with Gasteiger partial charge in [-0.2, -0.15) is 13.2 Å². The lowest BCUT2D eigenvalue weighted by Gasteiger charge is -2.20. The number of anilines is 2. The first-order valence-electron chi connectivity index (χ1n) is 8.68. The Morgan fingerprint density at radius 2 is 1.79 bits per heavy atom. The fourth-order valence-corrected chi connectivity index (χ4v) is 3.84. The molecule has 28 heavy (non-hydrogen) atoms. The number of hydrogen-bond acceptors (Lipinski definition) is 4. The van der Waals surface area contributed by atoms with E-state index in [0.29, 0.717) is 18.7 Å². The van der Waals surface area contributed by atoms with Crippen LogP contribution in [0.2, 0.25) is 0 Å². The molecule has 1 aliphatic heterocycles. The Bertz CT molecular complexity index is 973. The van der Waals surface area contributed by atoms with E-state index in [1.807, 2.05) is 31.2 Å². The van der Waals surface area contributed by atoms with Crippen LogP contribution in [0.5, 0.6) is 0 Å². The first-order valence-corrected chi connectivity index (χ1v) is 10.2. The summed E-state index contributed by atoms with van der Waals surface area (Å²) in [5, 5.41) is 3.13. The fourth-order valence-electron chi connectivity index (χ4n) is 3.08. The van der Waals surface area contributed by atoms with E-state index in [1.54, 1.807) is 4.90 Å². The van der Waals surface area contributed by atoms with E-state index in [0.717, 1.165) is 29.8 Å². The topological polar surface area (TPSA) is 66.5 Å². The molecule has 1 heterocycles. The van der Waals surface area contributed by atoms with Crippen molar-refractivity contribution < 1.29 is 26.4 Å². The Balaban J connectivity index is 1.75. The van der Waals surface area contributed by atoms with E-state index >= 15 is 0 Å². The summed E-state index contributed by atoms with van der Waals surface area (Å²) in [6.07, 6.45) is 1.36. The molecule has 1 saturated heterocycles. The third-order valence-corrected chi connectivity index (χ3v) is 6.11. The van der Waals surface area contributed by atoms with Gasteiger partial charge in [0.1, 0.15) is 0 Å². The Kier molecular flexibility index (Phi) is 5.38. The molecule has 5 nitrogen and oxygen atoms in total. The maximum Gasteiger partial charge on any atom is 0.501 e. The average Bonchev–Trinajstić information content (AvgIpc) is 3.07. The molecule has 1 aliphatic rings. The average molecular weight is 412 g/mol. The molecule has 2 aromatic rings. The molecule has 3 rings (SSSR count). The molecule has 0 spiro atoms. The minimum absolute atomic E-state index is 0.0826. The van der Waals surface area contributed by atoms with Crippen LogP contribution in [0.3, 0.4) is 0 Å². The molecule has 0 radical (unpaired) electrons. The standard InChI is InChI=1S/C19H19F3N2O3S/c1-13(14-4-2-5-16(12-14)24-11-3-6-18(24)25)23-15-7-9-17(10-8-15)28(26,27)19(20,21)22/h2,4-5,7-10,12-13,23H,3,6,11H2,1H3. The van der Waals surface area contributed by atoms with E-state index in [-0.39, 0.29) is 11.9 Å². The summed E-state index contributed by atoms with van der Waals surface area (Å²) >= 11 is 0. The van der Waals surface area contributed by atoms with Crippen LogP contribution in [-0.4, -0.2) is 26.4 Å². The van der Waals surface area contributed by atoms with Crippen LogP contribution in [0, 0.1) is 0 Å². The SMILES string of the molecule is CC(Nc1ccc(S(=O)(=O)C(F)(F)F)cc1)c1cccc(N2CCCC2=O)c1. The van der Waals surface area contributed by atoms with E-state index < -0.39 is 20.2 Å². The number of alkyl halides is 3. The van der Waals surface area contributed by atoms with Crippen LogP contribution >= 0.6 is 0 Å². The Morgan fingerprint density at radius 1 is 1.11 bits per heavy atom. The molecular formula is C19H19F3N2O3S. The second-order valence-electron chi connectivity index (χ2n) is 6.58. The lowest BCUT2D eigenvalue weighted by molar-refractivity contribution is -0.117. The number of sulfone groups is 1. The van der Waals surface area contributed by atoms with Gasteiger partial charge in [0, 0.05) is 30.4 Å². The molecule has 1 atom stereocenters. The van der Waals surface area contributed by atoms with Crippen molar-refractivity contribution in [2.75, 3.05) is 16.8 Å². The molecule has 0 saturated carbocycles. The van der Waals surface area contributed by atoms with Gasteiger partial charge >= 0.3 is 5.51 Å². The first kappa shape index (κ1) is 20.2. The van der Waals surface area contributed by atoms with Crippen molar-refractivity contribution in [3.8, 4) is 0 Å². The highest BCUT2D eigenvalue weighted by atomic mass is 32.2. The van der Waals surface area contributed by atoms with Crippen molar-refractivity contribution in [2.45, 2.75) is 36.2 Å². The number of rotatable bonds is 5. The van der Waals surface area contributed by atoms with Crippen LogP contribution in [-0.2, 0) is 14.6 Å². The minimum atomic E-state index is -5.36. The Labute approximate surface area is 161 Å². The van der Waals surface area contributed by atoms with E-state index in [4.69, 9.17) is 0 Å².